The zero-order valence-corrected chi connectivity index (χ0v) is 14.8. The molecular weight excluding hydrogens is 338 g/mol. The molecule has 5 nitrogen and oxygen atoms in total. The quantitative estimate of drug-likeness (QED) is 0.711. The number of benzene rings is 2. The van der Waals surface area contributed by atoms with Crippen molar-refractivity contribution in [1.29, 1.82) is 0 Å². The fourth-order valence-electron chi connectivity index (χ4n) is 2.41. The fraction of sp³-hybridized carbons (Fsp3) is 0.263. The van der Waals surface area contributed by atoms with Crippen molar-refractivity contribution in [2.45, 2.75) is 19.4 Å². The van der Waals surface area contributed by atoms with Gasteiger partial charge in [0, 0.05) is 18.1 Å². The van der Waals surface area contributed by atoms with Gasteiger partial charge in [-0.2, -0.15) is 0 Å². The van der Waals surface area contributed by atoms with E-state index in [1.807, 2.05) is 54.6 Å². The van der Waals surface area contributed by atoms with E-state index in [1.54, 1.807) is 6.92 Å². The Bertz CT molecular complexity index is 690. The summed E-state index contributed by atoms with van der Waals surface area (Å²) in [6.45, 7) is 2.84. The monoisotopic (exact) mass is 359 g/mol. The molecule has 0 saturated carbocycles. The van der Waals surface area contributed by atoms with Crippen LogP contribution in [0.4, 0.5) is 4.79 Å². The molecule has 132 valence electrons. The molecule has 2 aromatic carbocycles. The van der Waals surface area contributed by atoms with Crippen molar-refractivity contribution in [2.24, 2.45) is 0 Å². The third-order valence-corrected chi connectivity index (χ3v) is 3.90. The summed E-state index contributed by atoms with van der Waals surface area (Å²) in [6, 6.07) is 15.8. The summed E-state index contributed by atoms with van der Waals surface area (Å²) >= 11 is 5.89. The van der Waals surface area contributed by atoms with Crippen LogP contribution in [-0.2, 0) is 11.2 Å². The number of amides is 3. The van der Waals surface area contributed by atoms with Crippen LogP contribution in [0.3, 0.4) is 0 Å². The van der Waals surface area contributed by atoms with Gasteiger partial charge in [0.1, 0.15) is 6.04 Å². The number of halogens is 1. The Morgan fingerprint density at radius 3 is 2.36 bits per heavy atom. The second-order valence-corrected chi connectivity index (χ2v) is 5.96. The number of nitrogens with one attached hydrogen (secondary N) is 3. The first kappa shape index (κ1) is 19.0. The molecule has 0 spiro atoms. The van der Waals surface area contributed by atoms with Crippen LogP contribution in [0.25, 0.3) is 0 Å². The normalized spacial score (nSPS) is 11.6. The number of imide groups is 1. The molecule has 0 unspecified atom stereocenters. The summed E-state index contributed by atoms with van der Waals surface area (Å²) in [5.74, 6) is -0.381. The van der Waals surface area contributed by atoms with Crippen LogP contribution in [0.1, 0.15) is 24.1 Å². The molecule has 1 atom stereocenters. The first-order valence-corrected chi connectivity index (χ1v) is 8.59. The lowest BCUT2D eigenvalue weighted by molar-refractivity contribution is -0.122. The van der Waals surface area contributed by atoms with E-state index in [9.17, 15) is 9.59 Å². The Morgan fingerprint density at radius 2 is 1.72 bits per heavy atom. The van der Waals surface area contributed by atoms with Crippen LogP contribution in [0.2, 0.25) is 5.02 Å². The second kappa shape index (κ2) is 9.81. The fourth-order valence-corrected chi connectivity index (χ4v) is 2.53. The molecule has 0 bridgehead atoms. The van der Waals surface area contributed by atoms with Gasteiger partial charge >= 0.3 is 6.03 Å². The maximum atomic E-state index is 12.5. The first-order chi connectivity index (χ1) is 12.1. The maximum absolute atomic E-state index is 12.5. The van der Waals surface area contributed by atoms with Crippen molar-refractivity contribution in [1.82, 2.24) is 16.0 Å². The maximum Gasteiger partial charge on any atom is 0.321 e. The van der Waals surface area contributed by atoms with Gasteiger partial charge in [-0.05, 0) is 36.6 Å². The van der Waals surface area contributed by atoms with Crippen molar-refractivity contribution in [3.05, 3.63) is 70.7 Å². The van der Waals surface area contributed by atoms with Crippen LogP contribution in [-0.4, -0.2) is 25.0 Å². The number of urea groups is 1. The van der Waals surface area contributed by atoms with E-state index in [1.165, 1.54) is 0 Å². The van der Waals surface area contributed by atoms with Crippen LogP contribution >= 0.6 is 11.6 Å². The van der Waals surface area contributed by atoms with Gasteiger partial charge in [-0.25, -0.2) is 4.79 Å². The molecule has 0 radical (unpaired) electrons. The Morgan fingerprint density at radius 1 is 1.04 bits per heavy atom. The standard InChI is InChI=1S/C19H22ClN3O2/c1-2-21-19(25)23-18(24)17(15-6-4-3-5-7-15)22-13-12-14-8-10-16(20)11-9-14/h3-11,17,22H,2,12-13H2,1H3,(H2,21,23,24,25)/t17-/m1/s1. The van der Waals surface area contributed by atoms with Crippen LogP contribution in [0.15, 0.2) is 54.6 Å². The second-order valence-electron chi connectivity index (χ2n) is 5.52. The molecule has 2 rings (SSSR count). The van der Waals surface area contributed by atoms with Crippen molar-refractivity contribution >= 4 is 23.5 Å². The van der Waals surface area contributed by atoms with Gasteiger partial charge in [0.2, 0.25) is 5.91 Å². The highest BCUT2D eigenvalue weighted by Crippen LogP contribution is 2.14. The average Bonchev–Trinajstić information content (AvgIpc) is 2.61. The lowest BCUT2D eigenvalue weighted by Gasteiger charge is -2.18. The first-order valence-electron chi connectivity index (χ1n) is 8.21. The Kier molecular flexibility index (Phi) is 7.44. The molecule has 25 heavy (non-hydrogen) atoms. The van der Waals surface area contributed by atoms with E-state index in [4.69, 9.17) is 11.6 Å². The largest absolute Gasteiger partial charge is 0.338 e. The molecule has 2 aromatic rings. The van der Waals surface area contributed by atoms with Crippen LogP contribution in [0.5, 0.6) is 0 Å². The molecule has 0 aliphatic rings. The van der Waals surface area contributed by atoms with E-state index in [0.29, 0.717) is 18.1 Å². The number of rotatable bonds is 7. The SMILES string of the molecule is CCNC(=O)NC(=O)[C@H](NCCc1ccc(Cl)cc1)c1ccccc1. The number of carbonyl (C=O) groups is 2. The van der Waals surface area contributed by atoms with E-state index in [-0.39, 0.29) is 5.91 Å². The number of hydrogen-bond acceptors (Lipinski definition) is 3. The molecule has 0 aliphatic carbocycles. The molecule has 3 N–H and O–H groups in total. The molecule has 3 amide bonds. The van der Waals surface area contributed by atoms with Crippen molar-refractivity contribution in [2.75, 3.05) is 13.1 Å². The summed E-state index contributed by atoms with van der Waals surface area (Å²) < 4.78 is 0. The lowest BCUT2D eigenvalue weighted by atomic mass is 10.1. The highest BCUT2D eigenvalue weighted by atomic mass is 35.5. The highest BCUT2D eigenvalue weighted by molar-refractivity contribution is 6.30. The van der Waals surface area contributed by atoms with Crippen molar-refractivity contribution < 1.29 is 9.59 Å². The van der Waals surface area contributed by atoms with E-state index in [2.05, 4.69) is 16.0 Å². The smallest absolute Gasteiger partial charge is 0.321 e. The summed E-state index contributed by atoms with van der Waals surface area (Å²) in [5, 5.41) is 8.84. The van der Waals surface area contributed by atoms with E-state index in [0.717, 1.165) is 17.5 Å². The minimum Gasteiger partial charge on any atom is -0.338 e. The highest BCUT2D eigenvalue weighted by Gasteiger charge is 2.21. The molecule has 6 heteroatoms. The predicted octanol–water partition coefficient (Wildman–Crippen LogP) is 3.06. The predicted molar refractivity (Wildman–Crippen MR) is 99.6 cm³/mol. The summed E-state index contributed by atoms with van der Waals surface area (Å²) in [7, 11) is 0. The minimum absolute atomic E-state index is 0.381. The Balaban J connectivity index is 2.00. The molecule has 0 heterocycles. The molecule has 0 saturated heterocycles. The third kappa shape index (κ3) is 6.21. The molecular formula is C19H22ClN3O2. The van der Waals surface area contributed by atoms with Gasteiger partial charge in [0.25, 0.3) is 0 Å². The van der Waals surface area contributed by atoms with Gasteiger partial charge in [-0.1, -0.05) is 54.1 Å². The lowest BCUT2D eigenvalue weighted by Crippen LogP contribution is -2.45. The topological polar surface area (TPSA) is 70.2 Å². The summed E-state index contributed by atoms with van der Waals surface area (Å²) in [5.41, 5.74) is 1.92. The third-order valence-electron chi connectivity index (χ3n) is 3.64. The number of hydrogen-bond donors (Lipinski definition) is 3. The van der Waals surface area contributed by atoms with E-state index >= 15 is 0 Å². The van der Waals surface area contributed by atoms with Crippen LogP contribution < -0.4 is 16.0 Å². The molecule has 0 aromatic heterocycles. The van der Waals surface area contributed by atoms with Crippen molar-refractivity contribution in [3.63, 3.8) is 0 Å². The van der Waals surface area contributed by atoms with Gasteiger partial charge in [-0.15, -0.1) is 0 Å². The van der Waals surface area contributed by atoms with Gasteiger partial charge in [0.15, 0.2) is 0 Å². The molecule has 0 aliphatic heterocycles. The minimum atomic E-state index is -0.601. The molecule has 0 fully saturated rings. The van der Waals surface area contributed by atoms with E-state index < -0.39 is 12.1 Å². The Labute approximate surface area is 152 Å². The van der Waals surface area contributed by atoms with Crippen LogP contribution in [0, 0.1) is 0 Å². The zero-order valence-electron chi connectivity index (χ0n) is 14.1. The summed E-state index contributed by atoms with van der Waals surface area (Å²) in [4.78, 5) is 24.1. The van der Waals surface area contributed by atoms with Gasteiger partial charge in [0.05, 0.1) is 0 Å². The summed E-state index contributed by atoms with van der Waals surface area (Å²) in [6.07, 6.45) is 0.745. The number of carbonyl (C=O) groups excluding carboxylic acids is 2. The van der Waals surface area contributed by atoms with Gasteiger partial charge < -0.3 is 10.6 Å². The van der Waals surface area contributed by atoms with Gasteiger partial charge in [-0.3, -0.25) is 10.1 Å². The zero-order chi connectivity index (χ0) is 18.1. The van der Waals surface area contributed by atoms with Crippen molar-refractivity contribution in [3.8, 4) is 0 Å². The average molecular weight is 360 g/mol. The Hall–Kier alpha value is -2.37.